The van der Waals surface area contributed by atoms with Crippen LogP contribution in [0.15, 0.2) is 127 Å². The molecule has 0 spiro atoms. The highest BCUT2D eigenvalue weighted by molar-refractivity contribution is 6.18. The summed E-state index contributed by atoms with van der Waals surface area (Å²) in [5.74, 6) is 0. The molecule has 1 heterocycles. The quantitative estimate of drug-likeness (QED) is 0.285. The minimum atomic E-state index is 1.18. The zero-order valence-corrected chi connectivity index (χ0v) is 17.1. The molecule has 6 rings (SSSR count). The molecule has 0 bridgehead atoms. The van der Waals surface area contributed by atoms with Crippen LogP contribution in [0.1, 0.15) is 0 Å². The van der Waals surface area contributed by atoms with Crippen molar-refractivity contribution in [3.05, 3.63) is 127 Å². The standard InChI is InChI=1S/C30H21N/c1-4-12-22(13-5-1)25-20-21-28-30(29(25)23-14-6-2-7-15-23)26-18-10-11-19-27(26)31(28)24-16-8-3-9-17-24/h1-21H. The lowest BCUT2D eigenvalue weighted by Gasteiger charge is -2.14. The first kappa shape index (κ1) is 17.7. The average Bonchev–Trinajstić information content (AvgIpc) is 3.19. The second kappa shape index (κ2) is 7.30. The lowest BCUT2D eigenvalue weighted by Crippen LogP contribution is -1.93. The molecule has 0 radical (unpaired) electrons. The molecule has 146 valence electrons. The van der Waals surface area contributed by atoms with E-state index in [0.717, 1.165) is 0 Å². The molecule has 0 aliphatic carbocycles. The van der Waals surface area contributed by atoms with Crippen molar-refractivity contribution in [2.24, 2.45) is 0 Å². The molecule has 1 heteroatoms. The van der Waals surface area contributed by atoms with E-state index in [1.165, 1.54) is 49.7 Å². The predicted octanol–water partition coefficient (Wildman–Crippen LogP) is 8.12. The number of benzene rings is 5. The summed E-state index contributed by atoms with van der Waals surface area (Å²) in [5.41, 5.74) is 8.66. The van der Waals surface area contributed by atoms with Crippen LogP contribution in [0.5, 0.6) is 0 Å². The van der Waals surface area contributed by atoms with Crippen LogP contribution in [-0.4, -0.2) is 4.57 Å². The zero-order valence-electron chi connectivity index (χ0n) is 17.1. The van der Waals surface area contributed by atoms with Crippen molar-refractivity contribution in [3.63, 3.8) is 0 Å². The van der Waals surface area contributed by atoms with E-state index in [4.69, 9.17) is 0 Å². The fourth-order valence-electron chi connectivity index (χ4n) is 4.68. The molecule has 0 saturated carbocycles. The summed E-state index contributed by atoms with van der Waals surface area (Å²) in [6, 6.07) is 45.4. The molecule has 6 aromatic rings. The van der Waals surface area contributed by atoms with Gasteiger partial charge in [0.1, 0.15) is 0 Å². The maximum atomic E-state index is 2.38. The van der Waals surface area contributed by atoms with Crippen molar-refractivity contribution in [2.45, 2.75) is 0 Å². The number of aromatic nitrogens is 1. The van der Waals surface area contributed by atoms with Crippen molar-refractivity contribution < 1.29 is 0 Å². The maximum Gasteiger partial charge on any atom is 0.0547 e. The van der Waals surface area contributed by atoms with Crippen molar-refractivity contribution in [1.82, 2.24) is 4.57 Å². The first-order valence-corrected chi connectivity index (χ1v) is 10.6. The van der Waals surface area contributed by atoms with Crippen LogP contribution < -0.4 is 0 Å². The Hall–Kier alpha value is -4.10. The summed E-state index contributed by atoms with van der Waals surface area (Å²) in [6.45, 7) is 0. The maximum absolute atomic E-state index is 2.38. The Morgan fingerprint density at radius 2 is 1.00 bits per heavy atom. The largest absolute Gasteiger partial charge is 0.309 e. The molecule has 0 fully saturated rings. The van der Waals surface area contributed by atoms with E-state index in [1.54, 1.807) is 0 Å². The summed E-state index contributed by atoms with van der Waals surface area (Å²) in [7, 11) is 0. The minimum absolute atomic E-state index is 1.18. The van der Waals surface area contributed by atoms with Gasteiger partial charge in [-0.1, -0.05) is 103 Å². The van der Waals surface area contributed by atoms with Gasteiger partial charge in [-0.15, -0.1) is 0 Å². The van der Waals surface area contributed by atoms with E-state index in [0.29, 0.717) is 0 Å². The number of fused-ring (bicyclic) bond motifs is 3. The Labute approximate surface area is 181 Å². The van der Waals surface area contributed by atoms with Gasteiger partial charge in [0.2, 0.25) is 0 Å². The monoisotopic (exact) mass is 395 g/mol. The van der Waals surface area contributed by atoms with E-state index >= 15 is 0 Å². The molecule has 1 nitrogen and oxygen atoms in total. The van der Waals surface area contributed by atoms with E-state index in [2.05, 4.69) is 132 Å². The first-order chi connectivity index (χ1) is 15.4. The van der Waals surface area contributed by atoms with Crippen LogP contribution in [0, 0.1) is 0 Å². The Morgan fingerprint density at radius 3 is 1.71 bits per heavy atom. The Bertz CT molecular complexity index is 1490. The molecule has 0 unspecified atom stereocenters. The highest BCUT2D eigenvalue weighted by Crippen LogP contribution is 2.43. The molecule has 0 amide bonds. The predicted molar refractivity (Wildman–Crippen MR) is 132 cm³/mol. The number of rotatable bonds is 3. The van der Waals surface area contributed by atoms with Crippen LogP contribution in [0.2, 0.25) is 0 Å². The normalized spacial score (nSPS) is 11.2. The average molecular weight is 396 g/mol. The molecule has 1 aromatic heterocycles. The molecule has 0 atom stereocenters. The third-order valence-electron chi connectivity index (χ3n) is 6.00. The van der Waals surface area contributed by atoms with Crippen LogP contribution >= 0.6 is 0 Å². The van der Waals surface area contributed by atoms with Gasteiger partial charge < -0.3 is 4.57 Å². The third kappa shape index (κ3) is 2.86. The summed E-state index contributed by atoms with van der Waals surface area (Å²) in [5, 5.41) is 2.57. The van der Waals surface area contributed by atoms with Gasteiger partial charge in [0.05, 0.1) is 11.0 Å². The molecule has 0 aliphatic rings. The Balaban J connectivity index is 1.82. The van der Waals surface area contributed by atoms with Crippen molar-refractivity contribution in [1.29, 1.82) is 0 Å². The number of para-hydroxylation sites is 2. The number of hydrogen-bond acceptors (Lipinski definition) is 0. The second-order valence-corrected chi connectivity index (χ2v) is 7.80. The van der Waals surface area contributed by atoms with Crippen LogP contribution in [-0.2, 0) is 0 Å². The smallest absolute Gasteiger partial charge is 0.0547 e. The van der Waals surface area contributed by atoms with Gasteiger partial charge in [0.15, 0.2) is 0 Å². The SMILES string of the molecule is c1ccc(-c2ccc3c(c2-c2ccccc2)c2ccccc2n3-c2ccccc2)cc1. The van der Waals surface area contributed by atoms with Gasteiger partial charge in [0.25, 0.3) is 0 Å². The second-order valence-electron chi connectivity index (χ2n) is 7.80. The molecule has 5 aromatic carbocycles. The topological polar surface area (TPSA) is 4.93 Å². The first-order valence-electron chi connectivity index (χ1n) is 10.6. The Morgan fingerprint density at radius 1 is 0.419 bits per heavy atom. The highest BCUT2D eigenvalue weighted by atomic mass is 15.0. The summed E-state index contributed by atoms with van der Waals surface area (Å²) < 4.78 is 2.38. The van der Waals surface area contributed by atoms with Crippen molar-refractivity contribution in [3.8, 4) is 27.9 Å². The van der Waals surface area contributed by atoms with Gasteiger partial charge in [-0.25, -0.2) is 0 Å². The van der Waals surface area contributed by atoms with E-state index < -0.39 is 0 Å². The summed E-state index contributed by atoms with van der Waals surface area (Å²) in [6.07, 6.45) is 0. The third-order valence-corrected chi connectivity index (χ3v) is 6.00. The van der Waals surface area contributed by atoms with Gasteiger partial charge >= 0.3 is 0 Å². The lowest BCUT2D eigenvalue weighted by molar-refractivity contribution is 1.18. The Kier molecular flexibility index (Phi) is 4.18. The van der Waals surface area contributed by atoms with Gasteiger partial charge in [-0.05, 0) is 46.5 Å². The molecule has 31 heavy (non-hydrogen) atoms. The summed E-state index contributed by atoms with van der Waals surface area (Å²) in [4.78, 5) is 0. The van der Waals surface area contributed by atoms with Crippen molar-refractivity contribution >= 4 is 21.8 Å². The van der Waals surface area contributed by atoms with Crippen LogP contribution in [0.4, 0.5) is 0 Å². The van der Waals surface area contributed by atoms with Gasteiger partial charge in [0, 0.05) is 16.5 Å². The fourth-order valence-corrected chi connectivity index (χ4v) is 4.68. The molecular weight excluding hydrogens is 374 g/mol. The molecular formula is C30H21N. The number of hydrogen-bond donors (Lipinski definition) is 0. The molecule has 0 N–H and O–H groups in total. The fraction of sp³-hybridized carbons (Fsp3) is 0. The van der Waals surface area contributed by atoms with Gasteiger partial charge in [-0.3, -0.25) is 0 Å². The molecule has 0 saturated heterocycles. The zero-order chi connectivity index (χ0) is 20.6. The van der Waals surface area contributed by atoms with E-state index in [-0.39, 0.29) is 0 Å². The molecule has 0 aliphatic heterocycles. The lowest BCUT2D eigenvalue weighted by atomic mass is 9.90. The minimum Gasteiger partial charge on any atom is -0.309 e. The van der Waals surface area contributed by atoms with Crippen LogP contribution in [0.3, 0.4) is 0 Å². The van der Waals surface area contributed by atoms with Crippen LogP contribution in [0.25, 0.3) is 49.7 Å². The van der Waals surface area contributed by atoms with Gasteiger partial charge in [-0.2, -0.15) is 0 Å². The number of nitrogens with zero attached hydrogens (tertiary/aromatic N) is 1. The highest BCUT2D eigenvalue weighted by Gasteiger charge is 2.19. The van der Waals surface area contributed by atoms with E-state index in [1.807, 2.05) is 0 Å². The summed E-state index contributed by atoms with van der Waals surface area (Å²) >= 11 is 0. The van der Waals surface area contributed by atoms with Crippen molar-refractivity contribution in [2.75, 3.05) is 0 Å². The van der Waals surface area contributed by atoms with E-state index in [9.17, 15) is 0 Å².